The van der Waals surface area contributed by atoms with E-state index >= 15 is 0 Å². The third-order valence-electron chi connectivity index (χ3n) is 4.23. The normalized spacial score (nSPS) is 14.6. The Bertz CT molecular complexity index is 812. The van der Waals surface area contributed by atoms with E-state index in [1.54, 1.807) is 26.0 Å². The number of aromatic amines is 1. The van der Waals surface area contributed by atoms with Crippen LogP contribution in [0.25, 0.3) is 0 Å². The summed E-state index contributed by atoms with van der Waals surface area (Å²) >= 11 is 6.11. The topological polar surface area (TPSA) is 80.8 Å². The number of H-pyrrole nitrogens is 1. The Hall–Kier alpha value is -2.02. The summed E-state index contributed by atoms with van der Waals surface area (Å²) in [4.78, 5) is 15.4. The maximum Gasteiger partial charge on any atom is 0.355 e. The zero-order valence-electron chi connectivity index (χ0n) is 14.3. The second-order valence-electron chi connectivity index (χ2n) is 6.08. The lowest BCUT2D eigenvalue weighted by Gasteiger charge is -2.21. The molecule has 1 aromatic heterocycles. The highest BCUT2D eigenvalue weighted by molar-refractivity contribution is 6.30. The summed E-state index contributed by atoms with van der Waals surface area (Å²) in [6.45, 7) is 5.85. The largest absolute Gasteiger partial charge is 0.467 e. The average Bonchev–Trinajstić information content (AvgIpc) is 2.86. The minimum Gasteiger partial charge on any atom is -0.467 e. The van der Waals surface area contributed by atoms with Gasteiger partial charge in [-0.2, -0.15) is 0 Å². The number of aryl methyl sites for hydroxylation is 1. The van der Waals surface area contributed by atoms with Crippen LogP contribution in [0.5, 0.6) is 5.75 Å². The van der Waals surface area contributed by atoms with Crippen LogP contribution in [0.2, 0.25) is 5.02 Å². The van der Waals surface area contributed by atoms with Crippen molar-refractivity contribution in [3.8, 4) is 5.75 Å². The molecule has 134 valence electrons. The Morgan fingerprint density at radius 3 is 2.88 bits per heavy atom. The molecule has 0 bridgehead atoms. The van der Waals surface area contributed by atoms with Gasteiger partial charge in [-0.1, -0.05) is 11.6 Å². The number of carbonyl (C=O) groups excluding carboxylic acids is 1. The molecule has 2 aromatic rings. The molecular weight excluding hydrogens is 346 g/mol. The standard InChI is InChI=1S/C18H20ClNO5/c1-9-15(11(3)21)10(2)20-16(9)18(22)24-7-13-5-14(19)4-12-6-23-8-25-17(12)13/h4-5,11,20-21H,6-8H2,1-3H3/t11-/m0/s1. The Morgan fingerprint density at radius 1 is 1.44 bits per heavy atom. The van der Waals surface area contributed by atoms with Gasteiger partial charge in [-0.25, -0.2) is 4.79 Å². The minimum atomic E-state index is -0.661. The Labute approximate surface area is 150 Å². The van der Waals surface area contributed by atoms with E-state index in [9.17, 15) is 9.90 Å². The summed E-state index contributed by atoms with van der Waals surface area (Å²) in [6, 6.07) is 3.49. The van der Waals surface area contributed by atoms with Crippen molar-refractivity contribution in [2.45, 2.75) is 40.1 Å². The summed E-state index contributed by atoms with van der Waals surface area (Å²) in [5, 5.41) is 10.4. The fourth-order valence-electron chi connectivity index (χ4n) is 3.17. The quantitative estimate of drug-likeness (QED) is 0.810. The molecule has 0 saturated heterocycles. The van der Waals surface area contributed by atoms with Gasteiger partial charge in [0.2, 0.25) is 0 Å². The summed E-state index contributed by atoms with van der Waals surface area (Å²) < 4.78 is 16.2. The predicted octanol–water partition coefficient (Wildman–Crippen LogP) is 3.56. The fourth-order valence-corrected chi connectivity index (χ4v) is 3.44. The maximum atomic E-state index is 12.4. The minimum absolute atomic E-state index is 0.0310. The van der Waals surface area contributed by atoms with Gasteiger partial charge in [0.1, 0.15) is 18.1 Å². The smallest absolute Gasteiger partial charge is 0.355 e. The molecule has 0 unspecified atom stereocenters. The van der Waals surface area contributed by atoms with Crippen molar-refractivity contribution in [2.24, 2.45) is 0 Å². The lowest BCUT2D eigenvalue weighted by atomic mass is 10.1. The van der Waals surface area contributed by atoms with Crippen LogP contribution < -0.4 is 4.74 Å². The number of carbonyl (C=O) groups is 1. The van der Waals surface area contributed by atoms with Crippen molar-refractivity contribution in [1.29, 1.82) is 0 Å². The first-order chi connectivity index (χ1) is 11.9. The SMILES string of the molecule is Cc1[nH]c(C(=O)OCc2cc(Cl)cc3c2OCOC3)c(C)c1[C@H](C)O. The van der Waals surface area contributed by atoms with Gasteiger partial charge in [-0.3, -0.25) is 0 Å². The first-order valence-corrected chi connectivity index (χ1v) is 8.32. The first kappa shape index (κ1) is 17.8. The second kappa shape index (κ2) is 7.07. The van der Waals surface area contributed by atoms with E-state index < -0.39 is 12.1 Å². The molecule has 6 nitrogen and oxygen atoms in total. The van der Waals surface area contributed by atoms with Crippen LogP contribution in [-0.2, 0) is 22.7 Å². The molecule has 7 heteroatoms. The maximum absolute atomic E-state index is 12.4. The molecule has 25 heavy (non-hydrogen) atoms. The van der Waals surface area contributed by atoms with E-state index in [2.05, 4.69) is 4.98 Å². The van der Waals surface area contributed by atoms with Gasteiger partial charge in [0.05, 0.1) is 12.7 Å². The molecule has 0 saturated carbocycles. The lowest BCUT2D eigenvalue weighted by molar-refractivity contribution is -0.0180. The van der Waals surface area contributed by atoms with Crippen LogP contribution in [-0.4, -0.2) is 22.9 Å². The van der Waals surface area contributed by atoms with Gasteiger partial charge in [0.25, 0.3) is 0 Å². The highest BCUT2D eigenvalue weighted by atomic mass is 35.5. The summed E-state index contributed by atoms with van der Waals surface area (Å²) in [6.07, 6.45) is -0.661. The number of ether oxygens (including phenoxy) is 3. The van der Waals surface area contributed by atoms with Crippen molar-refractivity contribution < 1.29 is 24.1 Å². The van der Waals surface area contributed by atoms with Crippen LogP contribution in [0.3, 0.4) is 0 Å². The molecule has 1 aliphatic rings. The van der Waals surface area contributed by atoms with Crippen molar-refractivity contribution in [1.82, 2.24) is 4.98 Å². The van der Waals surface area contributed by atoms with Crippen LogP contribution in [0.4, 0.5) is 0 Å². The molecule has 1 atom stereocenters. The predicted molar refractivity (Wildman–Crippen MR) is 91.8 cm³/mol. The van der Waals surface area contributed by atoms with E-state index in [-0.39, 0.29) is 13.4 Å². The Kier molecular flexibility index (Phi) is 5.03. The van der Waals surface area contributed by atoms with Gasteiger partial charge in [-0.05, 0) is 38.5 Å². The van der Waals surface area contributed by atoms with Gasteiger partial charge in [-0.15, -0.1) is 0 Å². The van der Waals surface area contributed by atoms with Crippen molar-refractivity contribution in [3.63, 3.8) is 0 Å². The van der Waals surface area contributed by atoms with E-state index in [4.69, 9.17) is 25.8 Å². The lowest BCUT2D eigenvalue weighted by Crippen LogP contribution is -2.14. The zero-order valence-corrected chi connectivity index (χ0v) is 15.1. The van der Waals surface area contributed by atoms with Gasteiger partial charge in [0.15, 0.2) is 6.79 Å². The number of aromatic nitrogens is 1. The number of aliphatic hydroxyl groups is 1. The molecule has 0 spiro atoms. The van der Waals surface area contributed by atoms with E-state index in [0.29, 0.717) is 39.8 Å². The third-order valence-corrected chi connectivity index (χ3v) is 4.45. The molecule has 0 amide bonds. The zero-order chi connectivity index (χ0) is 18.1. The summed E-state index contributed by atoms with van der Waals surface area (Å²) in [5.41, 5.74) is 4.01. The number of nitrogens with one attached hydrogen (secondary N) is 1. The van der Waals surface area contributed by atoms with Crippen LogP contribution in [0.15, 0.2) is 12.1 Å². The molecule has 3 rings (SSSR count). The molecule has 0 fully saturated rings. The second-order valence-corrected chi connectivity index (χ2v) is 6.52. The number of hydrogen-bond donors (Lipinski definition) is 2. The molecular formula is C18H20ClNO5. The van der Waals surface area contributed by atoms with E-state index in [1.807, 2.05) is 6.92 Å². The number of rotatable bonds is 4. The van der Waals surface area contributed by atoms with Crippen molar-refractivity contribution in [3.05, 3.63) is 50.8 Å². The van der Waals surface area contributed by atoms with Crippen LogP contribution in [0.1, 0.15) is 51.5 Å². The number of benzene rings is 1. The fraction of sp³-hybridized carbons (Fsp3) is 0.389. The van der Waals surface area contributed by atoms with E-state index in [1.165, 1.54) is 0 Å². The highest BCUT2D eigenvalue weighted by Gasteiger charge is 2.22. The molecule has 1 aromatic carbocycles. The highest BCUT2D eigenvalue weighted by Crippen LogP contribution is 2.32. The number of fused-ring (bicyclic) bond motifs is 1. The van der Waals surface area contributed by atoms with E-state index in [0.717, 1.165) is 11.3 Å². The van der Waals surface area contributed by atoms with Crippen molar-refractivity contribution in [2.75, 3.05) is 6.79 Å². The summed E-state index contributed by atoms with van der Waals surface area (Å²) in [5.74, 6) is 0.154. The monoisotopic (exact) mass is 365 g/mol. The molecule has 2 N–H and O–H groups in total. The molecule has 0 aliphatic carbocycles. The van der Waals surface area contributed by atoms with Crippen molar-refractivity contribution >= 4 is 17.6 Å². The number of aliphatic hydroxyl groups excluding tert-OH is 1. The van der Waals surface area contributed by atoms with Gasteiger partial charge < -0.3 is 24.3 Å². The Morgan fingerprint density at radius 2 is 2.20 bits per heavy atom. The Balaban J connectivity index is 1.80. The first-order valence-electron chi connectivity index (χ1n) is 7.94. The third kappa shape index (κ3) is 3.51. The number of halogens is 1. The van der Waals surface area contributed by atoms with Crippen LogP contribution in [0, 0.1) is 13.8 Å². The number of esters is 1. The van der Waals surface area contributed by atoms with Gasteiger partial charge >= 0.3 is 5.97 Å². The number of hydrogen-bond acceptors (Lipinski definition) is 5. The molecule has 0 radical (unpaired) electrons. The average molecular weight is 366 g/mol. The molecule has 1 aliphatic heterocycles. The molecule has 2 heterocycles. The summed E-state index contributed by atoms with van der Waals surface area (Å²) in [7, 11) is 0. The van der Waals surface area contributed by atoms with Crippen LogP contribution >= 0.6 is 11.6 Å². The van der Waals surface area contributed by atoms with Gasteiger partial charge in [0, 0.05) is 27.4 Å².